The number of hydrogen-bond donors (Lipinski definition) is 3. The van der Waals surface area contributed by atoms with Gasteiger partial charge in [-0.25, -0.2) is 5.01 Å². The van der Waals surface area contributed by atoms with Crippen molar-refractivity contribution in [3.63, 3.8) is 0 Å². The van der Waals surface area contributed by atoms with Gasteiger partial charge >= 0.3 is 0 Å². The van der Waals surface area contributed by atoms with E-state index in [0.717, 1.165) is 0 Å². The van der Waals surface area contributed by atoms with Gasteiger partial charge in [-0.15, -0.1) is 0 Å². The van der Waals surface area contributed by atoms with Crippen molar-refractivity contribution in [3.8, 4) is 0 Å². The van der Waals surface area contributed by atoms with Gasteiger partial charge < -0.3 is 10.9 Å². The Bertz CT molecular complexity index is 234. The average Bonchev–Trinajstić information content (AvgIpc) is 2.27. The van der Waals surface area contributed by atoms with Gasteiger partial charge in [-0.05, 0) is 26.7 Å². The fourth-order valence-electron chi connectivity index (χ4n) is 2.18. The highest BCUT2D eigenvalue weighted by atomic mass is 16.4. The van der Waals surface area contributed by atoms with Gasteiger partial charge in [-0.1, -0.05) is 18.5 Å². The third-order valence-electron chi connectivity index (χ3n) is 3.39. The molecule has 0 amide bonds. The molecule has 0 radical (unpaired) electrons. The summed E-state index contributed by atoms with van der Waals surface area (Å²) < 4.78 is 0. The van der Waals surface area contributed by atoms with Crippen LogP contribution in [-0.2, 0) is 0 Å². The lowest BCUT2D eigenvalue weighted by molar-refractivity contribution is 0.0441. The second-order valence-corrected chi connectivity index (χ2v) is 4.82. The molecular weight excluding hydrogens is 204 g/mol. The minimum Gasteiger partial charge on any atom is -0.409 e. The Labute approximate surface area is 97.6 Å². The molecule has 0 bridgehead atoms. The van der Waals surface area contributed by atoms with Crippen molar-refractivity contribution in [2.75, 3.05) is 6.54 Å². The minimum absolute atomic E-state index is 0.0475. The summed E-state index contributed by atoms with van der Waals surface area (Å²) >= 11 is 0. The monoisotopic (exact) mass is 228 g/mol. The topological polar surface area (TPSA) is 73.9 Å². The van der Waals surface area contributed by atoms with E-state index in [4.69, 9.17) is 10.9 Å². The summed E-state index contributed by atoms with van der Waals surface area (Å²) in [6.45, 7) is 7.12. The van der Waals surface area contributed by atoms with Gasteiger partial charge in [0.25, 0.3) is 0 Å². The van der Waals surface area contributed by atoms with Gasteiger partial charge in [0, 0.05) is 24.5 Å². The van der Waals surface area contributed by atoms with Gasteiger partial charge in [-0.3, -0.25) is 5.43 Å². The van der Waals surface area contributed by atoms with E-state index in [1.807, 2.05) is 6.92 Å². The third-order valence-corrected chi connectivity index (χ3v) is 3.39. The number of nitrogens with zero attached hydrogens (tertiary/aromatic N) is 2. The van der Waals surface area contributed by atoms with Crippen LogP contribution < -0.4 is 11.2 Å². The van der Waals surface area contributed by atoms with Gasteiger partial charge in [0.15, 0.2) is 0 Å². The van der Waals surface area contributed by atoms with Crippen molar-refractivity contribution in [2.24, 2.45) is 16.8 Å². The molecule has 0 aromatic heterocycles. The van der Waals surface area contributed by atoms with Crippen LogP contribution in [0.2, 0.25) is 0 Å². The van der Waals surface area contributed by atoms with Crippen molar-refractivity contribution in [2.45, 2.75) is 52.1 Å². The quantitative estimate of drug-likeness (QED) is 0.292. The molecule has 1 heterocycles. The zero-order valence-electron chi connectivity index (χ0n) is 10.5. The summed E-state index contributed by atoms with van der Waals surface area (Å²) in [5.74, 6) is 0.330. The number of hydrogen-bond acceptors (Lipinski definition) is 4. The molecule has 1 fully saturated rings. The van der Waals surface area contributed by atoms with Crippen LogP contribution in [0.4, 0.5) is 0 Å². The molecule has 1 aliphatic heterocycles. The predicted molar refractivity (Wildman–Crippen MR) is 65.2 cm³/mol. The van der Waals surface area contributed by atoms with E-state index in [2.05, 4.69) is 29.4 Å². The summed E-state index contributed by atoms with van der Waals surface area (Å²) in [6.07, 6.45) is 3.76. The van der Waals surface area contributed by atoms with Crippen LogP contribution >= 0.6 is 0 Å². The van der Waals surface area contributed by atoms with Crippen LogP contribution in [-0.4, -0.2) is 34.7 Å². The molecule has 4 N–H and O–H groups in total. The Kier molecular flexibility index (Phi) is 5.02. The largest absolute Gasteiger partial charge is 0.409 e. The summed E-state index contributed by atoms with van der Waals surface area (Å²) in [6, 6.07) is 1.12. The first-order valence-electron chi connectivity index (χ1n) is 6.05. The van der Waals surface area contributed by atoms with Gasteiger partial charge in [0.2, 0.25) is 0 Å². The summed E-state index contributed by atoms with van der Waals surface area (Å²) in [5.41, 5.74) is 8.94. The molecule has 0 spiro atoms. The van der Waals surface area contributed by atoms with Gasteiger partial charge in [0.05, 0.1) is 0 Å². The van der Waals surface area contributed by atoms with Crippen LogP contribution in [0, 0.1) is 5.92 Å². The van der Waals surface area contributed by atoms with Gasteiger partial charge in [-0.2, -0.15) is 0 Å². The first-order chi connectivity index (χ1) is 7.56. The molecule has 1 saturated heterocycles. The lowest BCUT2D eigenvalue weighted by atomic mass is 10.00. The number of nitrogens with one attached hydrogen (secondary N) is 1. The van der Waals surface area contributed by atoms with E-state index < -0.39 is 0 Å². The van der Waals surface area contributed by atoms with E-state index in [-0.39, 0.29) is 11.8 Å². The molecule has 1 rings (SSSR count). The molecule has 5 heteroatoms. The molecule has 0 aromatic carbocycles. The zero-order valence-corrected chi connectivity index (χ0v) is 10.5. The number of nitrogens with two attached hydrogens (primary N) is 1. The molecule has 3 unspecified atom stereocenters. The fourth-order valence-corrected chi connectivity index (χ4v) is 2.18. The maximum absolute atomic E-state index is 8.57. The number of rotatable bonds is 4. The smallest absolute Gasteiger partial charge is 0.143 e. The Morgan fingerprint density at radius 2 is 2.06 bits per heavy atom. The molecule has 1 aliphatic rings. The van der Waals surface area contributed by atoms with Crippen molar-refractivity contribution in [3.05, 3.63) is 0 Å². The van der Waals surface area contributed by atoms with E-state index >= 15 is 0 Å². The highest BCUT2D eigenvalue weighted by Gasteiger charge is 2.24. The SMILES string of the molecule is CC(CNN1C(C)CCCC1C)C(N)=NO. The number of oxime groups is 1. The highest BCUT2D eigenvalue weighted by molar-refractivity contribution is 5.82. The summed E-state index contributed by atoms with van der Waals surface area (Å²) in [7, 11) is 0. The molecule has 5 nitrogen and oxygen atoms in total. The summed E-state index contributed by atoms with van der Waals surface area (Å²) in [5, 5.41) is 13.9. The average molecular weight is 228 g/mol. The number of piperidine rings is 1. The molecule has 0 aliphatic carbocycles. The van der Waals surface area contributed by atoms with Crippen molar-refractivity contribution in [1.29, 1.82) is 0 Å². The van der Waals surface area contributed by atoms with Crippen LogP contribution in [0.15, 0.2) is 5.16 Å². The minimum atomic E-state index is 0.0475. The van der Waals surface area contributed by atoms with Gasteiger partial charge in [0.1, 0.15) is 5.84 Å². The molecule has 0 saturated carbocycles. The second kappa shape index (κ2) is 6.06. The van der Waals surface area contributed by atoms with Crippen LogP contribution in [0.1, 0.15) is 40.0 Å². The molecule has 0 aromatic rings. The lowest BCUT2D eigenvalue weighted by Gasteiger charge is -2.39. The number of hydrazine groups is 1. The number of amidine groups is 1. The molecule has 16 heavy (non-hydrogen) atoms. The Morgan fingerprint density at radius 1 is 1.50 bits per heavy atom. The highest BCUT2D eigenvalue weighted by Crippen LogP contribution is 2.20. The molecule has 94 valence electrons. The third kappa shape index (κ3) is 3.35. The van der Waals surface area contributed by atoms with Crippen LogP contribution in [0.5, 0.6) is 0 Å². The van der Waals surface area contributed by atoms with Crippen LogP contribution in [0.25, 0.3) is 0 Å². The van der Waals surface area contributed by atoms with Crippen LogP contribution in [0.3, 0.4) is 0 Å². The second-order valence-electron chi connectivity index (χ2n) is 4.82. The standard InChI is InChI=1S/C11H24N4O/c1-8(11(12)14-16)7-13-15-9(2)5-4-6-10(15)3/h8-10,13,16H,4-7H2,1-3H3,(H2,12,14). The Morgan fingerprint density at radius 3 is 2.56 bits per heavy atom. The predicted octanol–water partition coefficient (Wildman–Crippen LogP) is 1.14. The first kappa shape index (κ1) is 13.3. The maximum atomic E-state index is 8.57. The normalized spacial score (nSPS) is 30.3. The lowest BCUT2D eigenvalue weighted by Crippen LogP contribution is -2.53. The first-order valence-corrected chi connectivity index (χ1v) is 6.05. The van der Waals surface area contributed by atoms with Crippen molar-refractivity contribution >= 4 is 5.84 Å². The Hall–Kier alpha value is -0.810. The molecular formula is C11H24N4O. The maximum Gasteiger partial charge on any atom is 0.143 e. The summed E-state index contributed by atoms with van der Waals surface area (Å²) in [4.78, 5) is 0. The van der Waals surface area contributed by atoms with E-state index in [1.165, 1.54) is 19.3 Å². The van der Waals surface area contributed by atoms with E-state index in [1.54, 1.807) is 0 Å². The van der Waals surface area contributed by atoms with Crippen molar-refractivity contribution < 1.29 is 5.21 Å². The van der Waals surface area contributed by atoms with E-state index in [0.29, 0.717) is 18.6 Å². The molecule has 3 atom stereocenters. The van der Waals surface area contributed by atoms with Crippen molar-refractivity contribution in [1.82, 2.24) is 10.4 Å². The van der Waals surface area contributed by atoms with E-state index in [9.17, 15) is 0 Å². The Balaban J connectivity index is 2.41. The zero-order chi connectivity index (χ0) is 12.1. The fraction of sp³-hybridized carbons (Fsp3) is 0.909.